The van der Waals surface area contributed by atoms with E-state index in [4.69, 9.17) is 9.47 Å². The van der Waals surface area contributed by atoms with Crippen LogP contribution in [0.4, 0.5) is 0 Å². The van der Waals surface area contributed by atoms with Crippen LogP contribution in [0.5, 0.6) is 0 Å². The summed E-state index contributed by atoms with van der Waals surface area (Å²) in [5, 5.41) is 3.68. The highest BCUT2D eigenvalue weighted by Gasteiger charge is 2.18. The fraction of sp³-hybridized carbons (Fsp3) is 0.647. The first-order chi connectivity index (χ1) is 9.92. The maximum absolute atomic E-state index is 5.78. The van der Waals surface area contributed by atoms with Crippen LogP contribution < -0.4 is 5.32 Å². The standard InChI is InChI=1S/C17H25NO2/c1-2-5-15-12-16(7-6-14(15)4-1)18-9-3-10-20-17-8-11-19-13-17/h1-2,4-5,16-18H,3,6-13H2. The molecule has 0 saturated carbocycles. The van der Waals surface area contributed by atoms with Crippen LogP contribution in [0.15, 0.2) is 24.3 Å². The Balaban J connectivity index is 1.31. The molecule has 3 heteroatoms. The van der Waals surface area contributed by atoms with Crippen molar-refractivity contribution in [2.24, 2.45) is 0 Å². The van der Waals surface area contributed by atoms with E-state index >= 15 is 0 Å². The van der Waals surface area contributed by atoms with E-state index in [1.165, 1.54) is 30.4 Å². The first-order valence-corrected chi connectivity index (χ1v) is 7.91. The second-order valence-electron chi connectivity index (χ2n) is 5.87. The number of fused-ring (bicyclic) bond motifs is 1. The molecule has 2 aliphatic rings. The SMILES string of the molecule is c1ccc2c(c1)CCC(NCCCOC1CCOC1)C2. The monoisotopic (exact) mass is 275 g/mol. The molecule has 1 aromatic carbocycles. The predicted molar refractivity (Wildman–Crippen MR) is 80.1 cm³/mol. The van der Waals surface area contributed by atoms with E-state index in [1.54, 1.807) is 0 Å². The molecule has 1 aliphatic carbocycles. The average molecular weight is 275 g/mol. The van der Waals surface area contributed by atoms with Crippen molar-refractivity contribution in [2.45, 2.75) is 44.2 Å². The lowest BCUT2D eigenvalue weighted by Crippen LogP contribution is -2.35. The molecule has 1 heterocycles. The van der Waals surface area contributed by atoms with Crippen LogP contribution in [0.3, 0.4) is 0 Å². The van der Waals surface area contributed by atoms with Gasteiger partial charge in [-0.15, -0.1) is 0 Å². The maximum atomic E-state index is 5.78. The average Bonchev–Trinajstić information content (AvgIpc) is 3.00. The second-order valence-corrected chi connectivity index (χ2v) is 5.87. The van der Waals surface area contributed by atoms with E-state index in [1.807, 2.05) is 0 Å². The zero-order chi connectivity index (χ0) is 13.6. The van der Waals surface area contributed by atoms with Gasteiger partial charge in [0.1, 0.15) is 0 Å². The smallest absolute Gasteiger partial charge is 0.0830 e. The summed E-state index contributed by atoms with van der Waals surface area (Å²) in [7, 11) is 0. The Hall–Kier alpha value is -0.900. The summed E-state index contributed by atoms with van der Waals surface area (Å²) in [5.74, 6) is 0. The molecule has 0 aromatic heterocycles. The van der Waals surface area contributed by atoms with Gasteiger partial charge in [-0.25, -0.2) is 0 Å². The topological polar surface area (TPSA) is 30.5 Å². The molecule has 1 N–H and O–H groups in total. The largest absolute Gasteiger partial charge is 0.379 e. The zero-order valence-electron chi connectivity index (χ0n) is 12.1. The Kier molecular flexibility index (Phi) is 5.06. The molecule has 0 bridgehead atoms. The molecule has 1 saturated heterocycles. The van der Waals surface area contributed by atoms with Gasteiger partial charge in [0.05, 0.1) is 12.7 Å². The fourth-order valence-corrected chi connectivity index (χ4v) is 3.14. The summed E-state index contributed by atoms with van der Waals surface area (Å²) in [5.41, 5.74) is 3.06. The highest BCUT2D eigenvalue weighted by Crippen LogP contribution is 2.20. The Bertz CT molecular complexity index is 415. The number of benzene rings is 1. The van der Waals surface area contributed by atoms with E-state index in [0.717, 1.165) is 39.2 Å². The van der Waals surface area contributed by atoms with Crippen LogP contribution in [0, 0.1) is 0 Å². The molecule has 0 amide bonds. The lowest BCUT2D eigenvalue weighted by molar-refractivity contribution is 0.0413. The highest BCUT2D eigenvalue weighted by atomic mass is 16.5. The van der Waals surface area contributed by atoms with Crippen molar-refractivity contribution in [1.82, 2.24) is 5.32 Å². The number of nitrogens with one attached hydrogen (secondary N) is 1. The highest BCUT2D eigenvalue weighted by molar-refractivity contribution is 5.30. The van der Waals surface area contributed by atoms with Gasteiger partial charge in [-0.3, -0.25) is 0 Å². The molecule has 3 nitrogen and oxygen atoms in total. The van der Waals surface area contributed by atoms with Crippen LogP contribution in [0.1, 0.15) is 30.4 Å². The van der Waals surface area contributed by atoms with Crippen molar-refractivity contribution in [3.05, 3.63) is 35.4 Å². The van der Waals surface area contributed by atoms with Crippen molar-refractivity contribution < 1.29 is 9.47 Å². The lowest BCUT2D eigenvalue weighted by atomic mass is 9.88. The van der Waals surface area contributed by atoms with Gasteiger partial charge < -0.3 is 14.8 Å². The Morgan fingerprint density at radius 3 is 2.95 bits per heavy atom. The third kappa shape index (κ3) is 3.81. The molecule has 110 valence electrons. The minimum absolute atomic E-state index is 0.344. The van der Waals surface area contributed by atoms with Crippen molar-refractivity contribution >= 4 is 0 Å². The van der Waals surface area contributed by atoms with Crippen LogP contribution >= 0.6 is 0 Å². The van der Waals surface area contributed by atoms with Gasteiger partial charge >= 0.3 is 0 Å². The summed E-state index contributed by atoms with van der Waals surface area (Å²) in [6.45, 7) is 3.56. The molecule has 2 atom stereocenters. The number of ether oxygens (including phenoxy) is 2. The van der Waals surface area contributed by atoms with Gasteiger partial charge in [-0.1, -0.05) is 24.3 Å². The fourth-order valence-electron chi connectivity index (χ4n) is 3.14. The van der Waals surface area contributed by atoms with Gasteiger partial charge in [0.25, 0.3) is 0 Å². The van der Waals surface area contributed by atoms with Crippen LogP contribution in [0.25, 0.3) is 0 Å². The lowest BCUT2D eigenvalue weighted by Gasteiger charge is -2.25. The summed E-state index contributed by atoms with van der Waals surface area (Å²) in [4.78, 5) is 0. The van der Waals surface area contributed by atoms with Crippen LogP contribution in [0.2, 0.25) is 0 Å². The second kappa shape index (κ2) is 7.21. The first-order valence-electron chi connectivity index (χ1n) is 7.91. The third-order valence-corrected chi connectivity index (χ3v) is 4.34. The van der Waals surface area contributed by atoms with Gasteiger partial charge in [-0.2, -0.15) is 0 Å². The van der Waals surface area contributed by atoms with Crippen molar-refractivity contribution in [1.29, 1.82) is 0 Å². The number of aryl methyl sites for hydroxylation is 1. The molecule has 2 unspecified atom stereocenters. The van der Waals surface area contributed by atoms with Gasteiger partial charge in [-0.05, 0) is 49.8 Å². The van der Waals surface area contributed by atoms with E-state index in [2.05, 4.69) is 29.6 Å². The summed E-state index contributed by atoms with van der Waals surface area (Å²) in [6, 6.07) is 9.48. The number of hydrogen-bond donors (Lipinski definition) is 1. The predicted octanol–water partition coefficient (Wildman–Crippen LogP) is 2.33. The van der Waals surface area contributed by atoms with E-state index in [9.17, 15) is 0 Å². The first kappa shape index (κ1) is 14.1. The van der Waals surface area contributed by atoms with Gasteiger partial charge in [0.15, 0.2) is 0 Å². The normalized spacial score (nSPS) is 25.6. The quantitative estimate of drug-likeness (QED) is 0.808. The van der Waals surface area contributed by atoms with Gasteiger partial charge in [0, 0.05) is 19.3 Å². The van der Waals surface area contributed by atoms with Gasteiger partial charge in [0.2, 0.25) is 0 Å². The van der Waals surface area contributed by atoms with E-state index in [-0.39, 0.29) is 0 Å². The van der Waals surface area contributed by atoms with Crippen molar-refractivity contribution in [3.63, 3.8) is 0 Å². The Morgan fingerprint density at radius 2 is 2.10 bits per heavy atom. The van der Waals surface area contributed by atoms with E-state index < -0.39 is 0 Å². The minimum Gasteiger partial charge on any atom is -0.379 e. The molecule has 1 aromatic rings. The maximum Gasteiger partial charge on any atom is 0.0830 e. The Labute approximate surface area is 121 Å². The number of hydrogen-bond acceptors (Lipinski definition) is 3. The Morgan fingerprint density at radius 1 is 1.20 bits per heavy atom. The minimum atomic E-state index is 0.344. The number of rotatable bonds is 6. The molecule has 20 heavy (non-hydrogen) atoms. The molecule has 0 radical (unpaired) electrons. The third-order valence-electron chi connectivity index (χ3n) is 4.34. The molecule has 3 rings (SSSR count). The summed E-state index contributed by atoms with van der Waals surface area (Å²) >= 11 is 0. The molecular weight excluding hydrogens is 250 g/mol. The van der Waals surface area contributed by atoms with Crippen molar-refractivity contribution in [2.75, 3.05) is 26.4 Å². The molecule has 1 aliphatic heterocycles. The van der Waals surface area contributed by atoms with Crippen LogP contribution in [-0.2, 0) is 22.3 Å². The molecular formula is C17H25NO2. The zero-order valence-corrected chi connectivity index (χ0v) is 12.1. The van der Waals surface area contributed by atoms with E-state index in [0.29, 0.717) is 12.1 Å². The van der Waals surface area contributed by atoms with Crippen molar-refractivity contribution in [3.8, 4) is 0 Å². The molecule has 0 spiro atoms. The summed E-state index contributed by atoms with van der Waals surface area (Å²) in [6.07, 6.45) is 6.14. The summed E-state index contributed by atoms with van der Waals surface area (Å²) < 4.78 is 11.1. The molecule has 1 fully saturated rings. The van der Waals surface area contributed by atoms with Crippen LogP contribution in [-0.4, -0.2) is 38.5 Å².